The van der Waals surface area contributed by atoms with Crippen LogP contribution in [0, 0.1) is 0 Å². The number of nitrogens with two attached hydrogens (primary N) is 1. The van der Waals surface area contributed by atoms with Gasteiger partial charge in [0, 0.05) is 12.7 Å². The molecular weight excluding hydrogens is 176 g/mol. The maximum absolute atomic E-state index is 5.84. The van der Waals surface area contributed by atoms with Crippen LogP contribution in [-0.4, -0.2) is 14.5 Å². The van der Waals surface area contributed by atoms with Gasteiger partial charge in [0.1, 0.15) is 17.8 Å². The molecule has 0 aliphatic carbocycles. The van der Waals surface area contributed by atoms with E-state index >= 15 is 0 Å². The zero-order valence-electron chi connectivity index (χ0n) is 8.49. The lowest BCUT2D eigenvalue weighted by Gasteiger charge is -1.99. The largest absolute Gasteiger partial charge is 0.383 e. The van der Waals surface area contributed by atoms with E-state index in [0.717, 1.165) is 24.0 Å². The molecule has 74 valence electrons. The number of hydrogen-bond donors (Lipinski definition) is 1. The van der Waals surface area contributed by atoms with Crippen LogP contribution in [0.1, 0.15) is 19.4 Å². The van der Waals surface area contributed by atoms with Gasteiger partial charge in [-0.25, -0.2) is 9.97 Å². The normalized spacial score (nSPS) is 11.0. The van der Waals surface area contributed by atoms with Gasteiger partial charge in [-0.2, -0.15) is 0 Å². The Kier molecular flexibility index (Phi) is 2.11. The minimum absolute atomic E-state index is 0.582. The monoisotopic (exact) mass is 190 g/mol. The Morgan fingerprint density at radius 3 is 2.79 bits per heavy atom. The van der Waals surface area contributed by atoms with E-state index in [0.29, 0.717) is 5.82 Å². The van der Waals surface area contributed by atoms with Crippen LogP contribution in [0.25, 0.3) is 11.0 Å². The topological polar surface area (TPSA) is 56.7 Å². The molecule has 4 heteroatoms. The molecule has 0 saturated carbocycles. The second-order valence-corrected chi connectivity index (χ2v) is 3.25. The highest BCUT2D eigenvalue weighted by Crippen LogP contribution is 2.23. The van der Waals surface area contributed by atoms with Gasteiger partial charge >= 0.3 is 0 Å². The molecule has 0 unspecified atom stereocenters. The number of aromatic nitrogens is 3. The summed E-state index contributed by atoms with van der Waals surface area (Å²) in [5.41, 5.74) is 8.00. The third kappa shape index (κ3) is 1.14. The molecule has 0 bridgehead atoms. The summed E-state index contributed by atoms with van der Waals surface area (Å²) < 4.78 is 2.10. The van der Waals surface area contributed by atoms with Crippen LogP contribution in [0.15, 0.2) is 12.5 Å². The van der Waals surface area contributed by atoms with Crippen LogP contribution in [-0.2, 0) is 13.0 Å². The number of fused-ring (bicyclic) bond motifs is 1. The Hall–Kier alpha value is -1.58. The van der Waals surface area contributed by atoms with E-state index in [9.17, 15) is 0 Å². The van der Waals surface area contributed by atoms with Crippen molar-refractivity contribution in [3.05, 3.63) is 18.1 Å². The molecular formula is C10H14N4. The number of rotatable bonds is 2. The first-order valence-corrected chi connectivity index (χ1v) is 4.86. The molecule has 2 rings (SSSR count). The first kappa shape index (κ1) is 8.99. The predicted molar refractivity (Wildman–Crippen MR) is 57.0 cm³/mol. The highest BCUT2D eigenvalue weighted by Gasteiger charge is 2.10. The van der Waals surface area contributed by atoms with E-state index in [-0.39, 0.29) is 0 Å². The van der Waals surface area contributed by atoms with Crippen molar-refractivity contribution in [1.29, 1.82) is 0 Å². The number of aryl methyl sites for hydroxylation is 2. The quantitative estimate of drug-likeness (QED) is 0.782. The molecule has 14 heavy (non-hydrogen) atoms. The smallest absolute Gasteiger partial charge is 0.145 e. The first-order chi connectivity index (χ1) is 6.77. The lowest BCUT2D eigenvalue weighted by Crippen LogP contribution is -1.96. The molecule has 0 fully saturated rings. The van der Waals surface area contributed by atoms with Crippen LogP contribution in [0.4, 0.5) is 5.82 Å². The van der Waals surface area contributed by atoms with E-state index < -0.39 is 0 Å². The summed E-state index contributed by atoms with van der Waals surface area (Å²) in [6, 6.07) is 0. The molecule has 0 aromatic carbocycles. The van der Waals surface area contributed by atoms with Crippen LogP contribution in [0.2, 0.25) is 0 Å². The van der Waals surface area contributed by atoms with Crippen molar-refractivity contribution in [2.45, 2.75) is 26.8 Å². The SMILES string of the molecule is CCc1cn(CC)c2ncnc(N)c12. The average molecular weight is 190 g/mol. The third-order valence-corrected chi connectivity index (χ3v) is 2.48. The predicted octanol–water partition coefficient (Wildman–Crippen LogP) is 1.60. The van der Waals surface area contributed by atoms with Crippen molar-refractivity contribution in [2.24, 2.45) is 0 Å². The molecule has 2 aromatic heterocycles. The summed E-state index contributed by atoms with van der Waals surface area (Å²) in [4.78, 5) is 8.27. The minimum atomic E-state index is 0.582. The number of nitrogen functional groups attached to an aromatic ring is 1. The highest BCUT2D eigenvalue weighted by atomic mass is 15.1. The number of anilines is 1. The molecule has 0 spiro atoms. The van der Waals surface area contributed by atoms with Crippen LogP contribution in [0.3, 0.4) is 0 Å². The molecule has 0 atom stereocenters. The molecule has 2 aromatic rings. The lowest BCUT2D eigenvalue weighted by atomic mass is 10.2. The molecule has 0 radical (unpaired) electrons. The molecule has 0 saturated heterocycles. The summed E-state index contributed by atoms with van der Waals surface area (Å²) in [7, 11) is 0. The summed E-state index contributed by atoms with van der Waals surface area (Å²) in [5.74, 6) is 0.582. The second-order valence-electron chi connectivity index (χ2n) is 3.25. The van der Waals surface area contributed by atoms with Crippen LogP contribution >= 0.6 is 0 Å². The number of hydrogen-bond acceptors (Lipinski definition) is 3. The van der Waals surface area contributed by atoms with Gasteiger partial charge in [0.05, 0.1) is 5.39 Å². The first-order valence-electron chi connectivity index (χ1n) is 4.86. The van der Waals surface area contributed by atoms with Gasteiger partial charge in [-0.05, 0) is 18.9 Å². The molecule has 2 heterocycles. The van der Waals surface area contributed by atoms with Gasteiger partial charge < -0.3 is 10.3 Å². The van der Waals surface area contributed by atoms with E-state index in [2.05, 4.69) is 34.6 Å². The molecule has 0 aliphatic rings. The van der Waals surface area contributed by atoms with Gasteiger partial charge in [-0.1, -0.05) is 6.92 Å². The molecule has 0 aliphatic heterocycles. The summed E-state index contributed by atoms with van der Waals surface area (Å²) in [6.45, 7) is 5.12. The van der Waals surface area contributed by atoms with E-state index in [1.165, 1.54) is 11.9 Å². The van der Waals surface area contributed by atoms with Crippen LogP contribution in [0.5, 0.6) is 0 Å². The third-order valence-electron chi connectivity index (χ3n) is 2.48. The van der Waals surface area contributed by atoms with Gasteiger partial charge in [-0.15, -0.1) is 0 Å². The Labute approximate surface area is 82.8 Å². The van der Waals surface area contributed by atoms with Gasteiger partial charge in [0.25, 0.3) is 0 Å². The molecule has 0 amide bonds. The van der Waals surface area contributed by atoms with Crippen molar-refractivity contribution >= 4 is 16.9 Å². The fourth-order valence-corrected chi connectivity index (χ4v) is 1.74. The van der Waals surface area contributed by atoms with E-state index in [1.807, 2.05) is 0 Å². The summed E-state index contributed by atoms with van der Waals surface area (Å²) in [5, 5.41) is 1.01. The minimum Gasteiger partial charge on any atom is -0.383 e. The summed E-state index contributed by atoms with van der Waals surface area (Å²) in [6.07, 6.45) is 4.58. The van der Waals surface area contributed by atoms with Crippen molar-refractivity contribution in [1.82, 2.24) is 14.5 Å². The van der Waals surface area contributed by atoms with Crippen molar-refractivity contribution in [3.63, 3.8) is 0 Å². The van der Waals surface area contributed by atoms with Crippen molar-refractivity contribution < 1.29 is 0 Å². The maximum atomic E-state index is 5.84. The van der Waals surface area contributed by atoms with Gasteiger partial charge in [0.15, 0.2) is 0 Å². The number of nitrogens with zero attached hydrogens (tertiary/aromatic N) is 3. The summed E-state index contributed by atoms with van der Waals surface area (Å²) >= 11 is 0. The highest BCUT2D eigenvalue weighted by molar-refractivity contribution is 5.89. The average Bonchev–Trinajstić information content (AvgIpc) is 2.57. The van der Waals surface area contributed by atoms with Gasteiger partial charge in [-0.3, -0.25) is 0 Å². The molecule has 4 nitrogen and oxygen atoms in total. The van der Waals surface area contributed by atoms with Crippen molar-refractivity contribution in [2.75, 3.05) is 5.73 Å². The van der Waals surface area contributed by atoms with E-state index in [1.54, 1.807) is 0 Å². The fraction of sp³-hybridized carbons (Fsp3) is 0.400. The fourth-order valence-electron chi connectivity index (χ4n) is 1.74. The lowest BCUT2D eigenvalue weighted by molar-refractivity contribution is 0.782. The standard InChI is InChI=1S/C10H14N4/c1-3-7-5-14(4-2)10-8(7)9(11)12-6-13-10/h5-6H,3-4H2,1-2H3,(H2,11,12,13). The van der Waals surface area contributed by atoms with Crippen molar-refractivity contribution in [3.8, 4) is 0 Å². The Balaban J connectivity index is 2.82. The molecule has 2 N–H and O–H groups in total. The van der Waals surface area contributed by atoms with Crippen LogP contribution < -0.4 is 5.73 Å². The van der Waals surface area contributed by atoms with Gasteiger partial charge in [0.2, 0.25) is 0 Å². The zero-order valence-corrected chi connectivity index (χ0v) is 8.49. The Morgan fingerprint density at radius 2 is 2.14 bits per heavy atom. The Bertz CT molecular complexity index is 458. The zero-order chi connectivity index (χ0) is 10.1. The maximum Gasteiger partial charge on any atom is 0.145 e. The van der Waals surface area contributed by atoms with E-state index in [4.69, 9.17) is 5.73 Å². The second kappa shape index (κ2) is 3.29. The Morgan fingerprint density at radius 1 is 1.36 bits per heavy atom.